The predicted octanol–water partition coefficient (Wildman–Crippen LogP) is 0.859. The number of rotatable bonds is 3. The number of aromatic amines is 1. The van der Waals surface area contributed by atoms with Gasteiger partial charge in [0.25, 0.3) is 5.56 Å². The van der Waals surface area contributed by atoms with Gasteiger partial charge in [-0.25, -0.2) is 5.10 Å². The molecule has 1 saturated carbocycles. The second-order valence-electron chi connectivity index (χ2n) is 3.84. The summed E-state index contributed by atoms with van der Waals surface area (Å²) in [6, 6.07) is 0. The van der Waals surface area contributed by atoms with E-state index >= 15 is 0 Å². The largest absolute Gasteiger partial charge is 0.394 e. The first-order valence-corrected chi connectivity index (χ1v) is 5.58. The molecule has 0 spiro atoms. The number of aliphatic hydroxyl groups excluding tert-OH is 1. The van der Waals surface area contributed by atoms with Crippen LogP contribution in [0, 0.1) is 0 Å². The summed E-state index contributed by atoms with van der Waals surface area (Å²) < 4.78 is 0.428. The number of aliphatic hydroxyl groups is 1. The fourth-order valence-electron chi connectivity index (χ4n) is 1.68. The summed E-state index contributed by atoms with van der Waals surface area (Å²) in [4.78, 5) is 11.3. The SMILES string of the molecule is O=c1[nH]ncc(NC2(CO)CCC2)c1Br. The van der Waals surface area contributed by atoms with Crippen LogP contribution < -0.4 is 10.9 Å². The molecule has 15 heavy (non-hydrogen) atoms. The Hall–Kier alpha value is -0.880. The third-order valence-electron chi connectivity index (χ3n) is 2.81. The minimum Gasteiger partial charge on any atom is -0.394 e. The summed E-state index contributed by atoms with van der Waals surface area (Å²) in [5.74, 6) is 0. The number of hydrogen-bond donors (Lipinski definition) is 3. The van der Waals surface area contributed by atoms with Crippen LogP contribution in [-0.2, 0) is 0 Å². The summed E-state index contributed by atoms with van der Waals surface area (Å²) in [5, 5.41) is 18.5. The van der Waals surface area contributed by atoms with Crippen LogP contribution in [0.15, 0.2) is 15.5 Å². The molecule has 1 aromatic heterocycles. The van der Waals surface area contributed by atoms with Crippen LogP contribution in [0.25, 0.3) is 0 Å². The molecule has 5 nitrogen and oxygen atoms in total. The van der Waals surface area contributed by atoms with Crippen molar-refractivity contribution in [1.82, 2.24) is 10.2 Å². The maximum atomic E-state index is 11.3. The van der Waals surface area contributed by atoms with Crippen LogP contribution in [0.4, 0.5) is 5.69 Å². The van der Waals surface area contributed by atoms with E-state index in [1.165, 1.54) is 0 Å². The summed E-state index contributed by atoms with van der Waals surface area (Å²) in [7, 11) is 0. The Bertz CT molecular complexity index is 409. The first-order valence-electron chi connectivity index (χ1n) is 4.79. The van der Waals surface area contributed by atoms with Crippen LogP contribution in [0.5, 0.6) is 0 Å². The standard InChI is InChI=1S/C9H12BrN3O2/c10-7-6(4-11-13-8(7)15)12-9(5-14)2-1-3-9/h4,14H,1-3,5H2,(H2,12,13,15). The molecule has 82 valence electrons. The first-order chi connectivity index (χ1) is 7.17. The smallest absolute Gasteiger partial charge is 0.280 e. The third kappa shape index (κ3) is 1.91. The molecule has 1 aliphatic rings. The summed E-state index contributed by atoms with van der Waals surface area (Å²) >= 11 is 3.19. The van der Waals surface area contributed by atoms with Crippen molar-refractivity contribution < 1.29 is 5.11 Å². The molecule has 0 radical (unpaired) electrons. The Balaban J connectivity index is 2.24. The second-order valence-corrected chi connectivity index (χ2v) is 4.64. The van der Waals surface area contributed by atoms with Crippen LogP contribution >= 0.6 is 15.9 Å². The third-order valence-corrected chi connectivity index (χ3v) is 3.60. The lowest BCUT2D eigenvalue weighted by atomic mass is 9.77. The quantitative estimate of drug-likeness (QED) is 0.764. The van der Waals surface area contributed by atoms with Crippen molar-refractivity contribution in [1.29, 1.82) is 0 Å². The van der Waals surface area contributed by atoms with Gasteiger partial charge in [0.2, 0.25) is 0 Å². The fraction of sp³-hybridized carbons (Fsp3) is 0.556. The molecular weight excluding hydrogens is 262 g/mol. The second kappa shape index (κ2) is 3.94. The van der Waals surface area contributed by atoms with E-state index in [-0.39, 0.29) is 17.7 Å². The van der Waals surface area contributed by atoms with Crippen molar-refractivity contribution >= 4 is 21.6 Å². The van der Waals surface area contributed by atoms with Gasteiger partial charge in [-0.15, -0.1) is 0 Å². The molecule has 2 rings (SSSR count). The maximum Gasteiger partial charge on any atom is 0.280 e. The molecule has 0 saturated heterocycles. The summed E-state index contributed by atoms with van der Waals surface area (Å²) in [5.41, 5.74) is 0.0952. The van der Waals surface area contributed by atoms with Crippen molar-refractivity contribution in [3.05, 3.63) is 21.0 Å². The van der Waals surface area contributed by atoms with Gasteiger partial charge in [-0.1, -0.05) is 0 Å². The molecule has 0 atom stereocenters. The number of anilines is 1. The van der Waals surface area contributed by atoms with Gasteiger partial charge in [-0.3, -0.25) is 4.79 Å². The minimum absolute atomic E-state index is 0.0756. The molecular formula is C9H12BrN3O2. The van der Waals surface area contributed by atoms with Crippen LogP contribution in [0.3, 0.4) is 0 Å². The number of aromatic nitrogens is 2. The van der Waals surface area contributed by atoms with Gasteiger partial charge >= 0.3 is 0 Å². The van der Waals surface area contributed by atoms with E-state index in [0.29, 0.717) is 10.2 Å². The average molecular weight is 274 g/mol. The molecule has 1 aliphatic carbocycles. The highest BCUT2D eigenvalue weighted by Gasteiger charge is 2.36. The number of H-pyrrole nitrogens is 1. The molecule has 0 amide bonds. The summed E-state index contributed by atoms with van der Waals surface area (Å²) in [6.45, 7) is 0.0756. The number of nitrogens with zero attached hydrogens (tertiary/aromatic N) is 1. The molecule has 3 N–H and O–H groups in total. The van der Waals surface area contributed by atoms with E-state index in [2.05, 4.69) is 31.4 Å². The molecule has 0 unspecified atom stereocenters. The van der Waals surface area contributed by atoms with E-state index in [0.717, 1.165) is 19.3 Å². The Morgan fingerprint density at radius 2 is 2.40 bits per heavy atom. The monoisotopic (exact) mass is 273 g/mol. The highest BCUT2D eigenvalue weighted by molar-refractivity contribution is 9.10. The van der Waals surface area contributed by atoms with Crippen LogP contribution in [0.1, 0.15) is 19.3 Å². The van der Waals surface area contributed by atoms with E-state index in [4.69, 9.17) is 0 Å². The highest BCUT2D eigenvalue weighted by atomic mass is 79.9. The van der Waals surface area contributed by atoms with E-state index in [1.807, 2.05) is 0 Å². The van der Waals surface area contributed by atoms with Crippen LogP contribution in [-0.4, -0.2) is 27.4 Å². The maximum absolute atomic E-state index is 11.3. The van der Waals surface area contributed by atoms with Crippen molar-refractivity contribution in [2.75, 3.05) is 11.9 Å². The van der Waals surface area contributed by atoms with Gasteiger partial charge in [0, 0.05) is 0 Å². The molecule has 1 heterocycles. The zero-order valence-electron chi connectivity index (χ0n) is 8.09. The lowest BCUT2D eigenvalue weighted by Crippen LogP contribution is -2.48. The normalized spacial score (nSPS) is 18.3. The highest BCUT2D eigenvalue weighted by Crippen LogP contribution is 2.35. The minimum atomic E-state index is -0.271. The van der Waals surface area contributed by atoms with Gasteiger partial charge in [-0.05, 0) is 35.2 Å². The van der Waals surface area contributed by atoms with Gasteiger partial charge in [0.15, 0.2) is 0 Å². The Morgan fingerprint density at radius 3 is 2.93 bits per heavy atom. The molecule has 1 aromatic rings. The van der Waals surface area contributed by atoms with Crippen LogP contribution in [0.2, 0.25) is 0 Å². The molecule has 0 bridgehead atoms. The molecule has 0 aliphatic heterocycles. The molecule has 0 aromatic carbocycles. The fourth-order valence-corrected chi connectivity index (χ4v) is 1.97. The number of hydrogen-bond acceptors (Lipinski definition) is 4. The van der Waals surface area contributed by atoms with Crippen molar-refractivity contribution in [2.45, 2.75) is 24.8 Å². The van der Waals surface area contributed by atoms with Gasteiger partial charge in [0.05, 0.1) is 24.0 Å². The number of halogens is 1. The molecule has 1 fully saturated rings. The zero-order valence-corrected chi connectivity index (χ0v) is 9.67. The topological polar surface area (TPSA) is 78.0 Å². The number of nitrogens with one attached hydrogen (secondary N) is 2. The molecule has 6 heteroatoms. The lowest BCUT2D eigenvalue weighted by molar-refractivity contribution is 0.144. The lowest BCUT2D eigenvalue weighted by Gasteiger charge is -2.41. The first kappa shape index (κ1) is 10.6. The summed E-state index contributed by atoms with van der Waals surface area (Å²) in [6.07, 6.45) is 4.48. The average Bonchev–Trinajstić information content (AvgIpc) is 2.18. The van der Waals surface area contributed by atoms with E-state index in [9.17, 15) is 9.90 Å². The Kier molecular flexibility index (Phi) is 2.79. The van der Waals surface area contributed by atoms with Crippen molar-refractivity contribution in [2.24, 2.45) is 0 Å². The zero-order chi connectivity index (χ0) is 10.9. The van der Waals surface area contributed by atoms with Crippen molar-refractivity contribution in [3.63, 3.8) is 0 Å². The van der Waals surface area contributed by atoms with Crippen molar-refractivity contribution in [3.8, 4) is 0 Å². The Labute approximate surface area is 95.0 Å². The van der Waals surface area contributed by atoms with Gasteiger partial charge in [-0.2, -0.15) is 5.10 Å². The van der Waals surface area contributed by atoms with E-state index < -0.39 is 0 Å². The van der Waals surface area contributed by atoms with Gasteiger partial charge < -0.3 is 10.4 Å². The Morgan fingerprint density at radius 1 is 1.67 bits per heavy atom. The van der Waals surface area contributed by atoms with E-state index in [1.54, 1.807) is 6.20 Å². The van der Waals surface area contributed by atoms with Gasteiger partial charge in [0.1, 0.15) is 4.47 Å². The predicted molar refractivity (Wildman–Crippen MR) is 59.8 cm³/mol.